The zero-order valence-corrected chi connectivity index (χ0v) is 12.4. The van der Waals surface area contributed by atoms with Crippen LogP contribution >= 0.6 is 0 Å². The largest absolute Gasteiger partial charge is 0.350 e. The molecule has 0 atom stereocenters. The second kappa shape index (κ2) is 7.28. The van der Waals surface area contributed by atoms with Gasteiger partial charge in [-0.2, -0.15) is 0 Å². The maximum Gasteiger partial charge on any atom is 0.271 e. The molecule has 1 aromatic heterocycles. The number of nitrogens with one attached hydrogen (secondary N) is 1. The second-order valence-electron chi connectivity index (χ2n) is 5.65. The van der Waals surface area contributed by atoms with Gasteiger partial charge in [-0.1, -0.05) is 27.7 Å². The molecule has 0 spiro atoms. The van der Waals surface area contributed by atoms with Gasteiger partial charge in [0.15, 0.2) is 0 Å². The summed E-state index contributed by atoms with van der Waals surface area (Å²) >= 11 is 0. The normalized spacial score (nSPS) is 11.6. The van der Waals surface area contributed by atoms with E-state index in [-0.39, 0.29) is 5.91 Å². The number of imidazole rings is 1. The van der Waals surface area contributed by atoms with E-state index in [1.165, 1.54) is 0 Å². The van der Waals surface area contributed by atoms with Crippen molar-refractivity contribution in [3.05, 3.63) is 18.2 Å². The van der Waals surface area contributed by atoms with E-state index in [1.807, 2.05) is 4.57 Å². The Hall–Kier alpha value is -1.36. The van der Waals surface area contributed by atoms with Gasteiger partial charge in [-0.05, 0) is 17.8 Å². The van der Waals surface area contributed by atoms with E-state index in [0.717, 1.165) is 0 Å². The SMILES string of the molecule is CC(C)C(CNC(=O)c1cn(CCN)cn1)C(C)C. The summed E-state index contributed by atoms with van der Waals surface area (Å²) < 4.78 is 1.83. The van der Waals surface area contributed by atoms with Crippen LogP contribution in [0.25, 0.3) is 0 Å². The molecule has 1 heterocycles. The van der Waals surface area contributed by atoms with Crippen LogP contribution in [0, 0.1) is 17.8 Å². The molecule has 1 amide bonds. The second-order valence-corrected chi connectivity index (χ2v) is 5.65. The van der Waals surface area contributed by atoms with Crippen molar-refractivity contribution in [1.29, 1.82) is 0 Å². The number of amides is 1. The van der Waals surface area contributed by atoms with E-state index < -0.39 is 0 Å². The molecule has 0 saturated heterocycles. The van der Waals surface area contributed by atoms with Gasteiger partial charge in [0.05, 0.1) is 6.33 Å². The summed E-state index contributed by atoms with van der Waals surface area (Å²) in [7, 11) is 0. The lowest BCUT2D eigenvalue weighted by Gasteiger charge is -2.24. The average molecular weight is 266 g/mol. The third kappa shape index (κ3) is 4.67. The molecule has 0 aliphatic carbocycles. The smallest absolute Gasteiger partial charge is 0.271 e. The maximum absolute atomic E-state index is 12.0. The minimum absolute atomic E-state index is 0.109. The van der Waals surface area contributed by atoms with Crippen molar-refractivity contribution in [3.63, 3.8) is 0 Å². The number of hydrogen-bond donors (Lipinski definition) is 2. The highest BCUT2D eigenvalue weighted by Crippen LogP contribution is 2.19. The number of aromatic nitrogens is 2. The van der Waals surface area contributed by atoms with Crippen LogP contribution in [0.3, 0.4) is 0 Å². The highest BCUT2D eigenvalue weighted by atomic mass is 16.1. The minimum Gasteiger partial charge on any atom is -0.350 e. The summed E-state index contributed by atoms with van der Waals surface area (Å²) in [5.41, 5.74) is 5.92. The Bertz CT molecular complexity index is 390. The lowest BCUT2D eigenvalue weighted by Crippen LogP contribution is -2.34. The molecule has 0 unspecified atom stereocenters. The number of nitrogens with zero attached hydrogens (tertiary/aromatic N) is 2. The number of hydrogen-bond acceptors (Lipinski definition) is 3. The van der Waals surface area contributed by atoms with Crippen molar-refractivity contribution in [1.82, 2.24) is 14.9 Å². The van der Waals surface area contributed by atoms with E-state index in [1.54, 1.807) is 12.5 Å². The highest BCUT2D eigenvalue weighted by Gasteiger charge is 2.19. The van der Waals surface area contributed by atoms with E-state index in [0.29, 0.717) is 43.1 Å². The van der Waals surface area contributed by atoms with E-state index in [4.69, 9.17) is 5.73 Å². The first kappa shape index (κ1) is 15.7. The molecule has 19 heavy (non-hydrogen) atoms. The number of rotatable bonds is 7. The minimum atomic E-state index is -0.109. The predicted molar refractivity (Wildman–Crippen MR) is 76.8 cm³/mol. The van der Waals surface area contributed by atoms with Crippen LogP contribution in [0.15, 0.2) is 12.5 Å². The monoisotopic (exact) mass is 266 g/mol. The molecule has 108 valence electrons. The number of nitrogens with two attached hydrogens (primary N) is 1. The van der Waals surface area contributed by atoms with Crippen LogP contribution in [-0.2, 0) is 6.54 Å². The Morgan fingerprint density at radius 2 is 2.00 bits per heavy atom. The Morgan fingerprint density at radius 1 is 1.37 bits per heavy atom. The number of carbonyl (C=O) groups excluding carboxylic acids is 1. The predicted octanol–water partition coefficient (Wildman–Crippen LogP) is 1.50. The highest BCUT2D eigenvalue weighted by molar-refractivity contribution is 5.91. The first-order valence-corrected chi connectivity index (χ1v) is 6.95. The van der Waals surface area contributed by atoms with Gasteiger partial charge < -0.3 is 15.6 Å². The van der Waals surface area contributed by atoms with Crippen LogP contribution in [-0.4, -0.2) is 28.5 Å². The lowest BCUT2D eigenvalue weighted by molar-refractivity contribution is 0.0932. The molecule has 0 aliphatic rings. The van der Waals surface area contributed by atoms with Crippen molar-refractivity contribution < 1.29 is 4.79 Å². The molecule has 0 fully saturated rings. The van der Waals surface area contributed by atoms with Crippen LogP contribution < -0.4 is 11.1 Å². The summed E-state index contributed by atoms with van der Waals surface area (Å²) in [4.78, 5) is 16.1. The van der Waals surface area contributed by atoms with Gasteiger partial charge in [0.2, 0.25) is 0 Å². The van der Waals surface area contributed by atoms with Crippen LogP contribution in [0.1, 0.15) is 38.2 Å². The quantitative estimate of drug-likeness (QED) is 0.785. The number of carbonyl (C=O) groups is 1. The van der Waals surface area contributed by atoms with Gasteiger partial charge >= 0.3 is 0 Å². The molecule has 0 aromatic carbocycles. The van der Waals surface area contributed by atoms with Gasteiger partial charge in [-0.25, -0.2) is 4.98 Å². The van der Waals surface area contributed by atoms with E-state index in [2.05, 4.69) is 38.0 Å². The molecule has 5 heteroatoms. The van der Waals surface area contributed by atoms with Crippen LogP contribution in [0.4, 0.5) is 0 Å². The Balaban J connectivity index is 2.54. The van der Waals surface area contributed by atoms with E-state index >= 15 is 0 Å². The first-order chi connectivity index (χ1) is 8.95. The van der Waals surface area contributed by atoms with Crippen molar-refractivity contribution >= 4 is 5.91 Å². The fourth-order valence-electron chi connectivity index (χ4n) is 2.29. The van der Waals surface area contributed by atoms with Crippen molar-refractivity contribution in [3.8, 4) is 0 Å². The van der Waals surface area contributed by atoms with Gasteiger partial charge in [0, 0.05) is 25.8 Å². The fraction of sp³-hybridized carbons (Fsp3) is 0.714. The molecule has 0 bridgehead atoms. The van der Waals surface area contributed by atoms with Gasteiger partial charge in [0.1, 0.15) is 5.69 Å². The first-order valence-electron chi connectivity index (χ1n) is 6.95. The average Bonchev–Trinajstić information content (AvgIpc) is 2.77. The molecule has 0 aliphatic heterocycles. The summed E-state index contributed by atoms with van der Waals surface area (Å²) in [5, 5.41) is 2.97. The summed E-state index contributed by atoms with van der Waals surface area (Å²) in [5.74, 6) is 1.47. The molecular formula is C14H26N4O. The lowest BCUT2D eigenvalue weighted by atomic mass is 9.85. The maximum atomic E-state index is 12.0. The standard InChI is InChI=1S/C14H26N4O/c1-10(2)12(11(3)4)7-16-14(19)13-8-18(6-5-15)9-17-13/h8-12H,5-7,15H2,1-4H3,(H,16,19). The van der Waals surface area contributed by atoms with Gasteiger partial charge in [-0.3, -0.25) is 4.79 Å². The van der Waals surface area contributed by atoms with Crippen LogP contribution in [0.2, 0.25) is 0 Å². The zero-order valence-electron chi connectivity index (χ0n) is 12.4. The molecule has 0 saturated carbocycles. The molecule has 1 rings (SSSR count). The van der Waals surface area contributed by atoms with Crippen LogP contribution in [0.5, 0.6) is 0 Å². The molecule has 0 radical (unpaired) electrons. The molecule has 5 nitrogen and oxygen atoms in total. The van der Waals surface area contributed by atoms with Crippen molar-refractivity contribution in [2.75, 3.05) is 13.1 Å². The summed E-state index contributed by atoms with van der Waals surface area (Å²) in [6.45, 7) is 10.7. The summed E-state index contributed by atoms with van der Waals surface area (Å²) in [6.07, 6.45) is 3.38. The molecule has 1 aromatic rings. The molecule has 3 N–H and O–H groups in total. The molecular weight excluding hydrogens is 240 g/mol. The Morgan fingerprint density at radius 3 is 2.53 bits per heavy atom. The van der Waals surface area contributed by atoms with Crippen molar-refractivity contribution in [2.24, 2.45) is 23.5 Å². The van der Waals surface area contributed by atoms with E-state index in [9.17, 15) is 4.79 Å². The topological polar surface area (TPSA) is 72.9 Å². The third-order valence-corrected chi connectivity index (χ3v) is 3.46. The third-order valence-electron chi connectivity index (χ3n) is 3.46. The van der Waals surface area contributed by atoms with Gasteiger partial charge in [0.25, 0.3) is 5.91 Å². The Labute approximate surface area is 115 Å². The van der Waals surface area contributed by atoms with Gasteiger partial charge in [-0.15, -0.1) is 0 Å². The van der Waals surface area contributed by atoms with Crippen molar-refractivity contribution in [2.45, 2.75) is 34.2 Å². The fourth-order valence-corrected chi connectivity index (χ4v) is 2.29. The Kier molecular flexibility index (Phi) is 6.02. The zero-order chi connectivity index (χ0) is 14.4. The summed E-state index contributed by atoms with van der Waals surface area (Å²) in [6, 6.07) is 0.